The summed E-state index contributed by atoms with van der Waals surface area (Å²) in [5.41, 5.74) is 6.09. The standard InChI is InChI=1S/C25H29NO4.CH4/c1-16(2)26(13-20(28)14-27)10-9-17-7-8-22-19(11-17)15-30-25(22)24-21-6-4-3-5-18(21)12-23(24)29;/h3-8,11,16,20,27-28H,9-10,12-15H2,1-2H3;1H4/b25-24+;/t20-;/m0./s1. The predicted molar refractivity (Wildman–Crippen MR) is 123 cm³/mol. The number of hydrogen-bond acceptors (Lipinski definition) is 5. The lowest BCUT2D eigenvalue weighted by atomic mass is 9.98. The van der Waals surface area contributed by atoms with Crippen LogP contribution in [-0.2, 0) is 29.0 Å². The van der Waals surface area contributed by atoms with E-state index in [1.165, 1.54) is 5.56 Å². The summed E-state index contributed by atoms with van der Waals surface area (Å²) in [4.78, 5) is 14.8. The Morgan fingerprint density at radius 3 is 2.61 bits per heavy atom. The minimum absolute atomic E-state index is 0. The van der Waals surface area contributed by atoms with Gasteiger partial charge in [0.2, 0.25) is 0 Å². The third-order valence-corrected chi connectivity index (χ3v) is 6.00. The monoisotopic (exact) mass is 423 g/mol. The van der Waals surface area contributed by atoms with Crippen molar-refractivity contribution in [1.82, 2.24) is 4.90 Å². The molecule has 0 spiro atoms. The molecular formula is C26H33NO4. The predicted octanol–water partition coefficient (Wildman–Crippen LogP) is 3.45. The molecule has 0 radical (unpaired) electrons. The Morgan fingerprint density at radius 1 is 1.10 bits per heavy atom. The fraction of sp³-hybridized carbons (Fsp3) is 0.423. The van der Waals surface area contributed by atoms with Crippen molar-refractivity contribution >= 4 is 17.1 Å². The molecule has 1 atom stereocenters. The highest BCUT2D eigenvalue weighted by molar-refractivity contribution is 6.31. The summed E-state index contributed by atoms with van der Waals surface area (Å²) in [5.74, 6) is 0.833. The average Bonchev–Trinajstić information content (AvgIpc) is 3.29. The van der Waals surface area contributed by atoms with E-state index in [1.54, 1.807) is 0 Å². The second kappa shape index (κ2) is 9.77. The Labute approximate surface area is 185 Å². The van der Waals surface area contributed by atoms with Crippen LogP contribution in [0.25, 0.3) is 11.3 Å². The molecule has 0 saturated heterocycles. The van der Waals surface area contributed by atoms with Gasteiger partial charge in [-0.3, -0.25) is 9.69 Å². The number of allylic oxidation sites excluding steroid dienone is 1. The Bertz CT molecular complexity index is 979. The van der Waals surface area contributed by atoms with E-state index >= 15 is 0 Å². The van der Waals surface area contributed by atoms with Gasteiger partial charge in [0, 0.05) is 36.7 Å². The maximum atomic E-state index is 12.7. The molecule has 2 aliphatic rings. The van der Waals surface area contributed by atoms with Gasteiger partial charge in [-0.25, -0.2) is 0 Å². The highest BCUT2D eigenvalue weighted by Gasteiger charge is 2.32. The number of aliphatic hydroxyl groups is 2. The zero-order valence-corrected chi connectivity index (χ0v) is 17.6. The van der Waals surface area contributed by atoms with Gasteiger partial charge in [0.1, 0.15) is 12.4 Å². The van der Waals surface area contributed by atoms with Gasteiger partial charge in [0.25, 0.3) is 0 Å². The normalized spacial score (nSPS) is 18.1. The van der Waals surface area contributed by atoms with Gasteiger partial charge in [-0.05, 0) is 37.0 Å². The zero-order chi connectivity index (χ0) is 21.3. The van der Waals surface area contributed by atoms with E-state index in [9.17, 15) is 9.90 Å². The van der Waals surface area contributed by atoms with Gasteiger partial charge in [-0.2, -0.15) is 0 Å². The van der Waals surface area contributed by atoms with E-state index in [0.717, 1.165) is 35.2 Å². The molecular weight excluding hydrogens is 390 g/mol. The Morgan fingerprint density at radius 2 is 1.87 bits per heavy atom. The molecule has 2 N–H and O–H groups in total. The first-order chi connectivity index (χ1) is 14.5. The molecule has 0 aromatic heterocycles. The number of nitrogens with zero attached hydrogens (tertiary/aromatic N) is 1. The molecule has 0 fully saturated rings. The fourth-order valence-corrected chi connectivity index (χ4v) is 4.32. The quantitative estimate of drug-likeness (QED) is 0.668. The number of carbonyl (C=O) groups excluding carboxylic acids is 1. The summed E-state index contributed by atoms with van der Waals surface area (Å²) in [7, 11) is 0. The molecule has 0 saturated carbocycles. The number of carbonyl (C=O) groups is 1. The van der Waals surface area contributed by atoms with Gasteiger partial charge >= 0.3 is 0 Å². The van der Waals surface area contributed by atoms with Crippen LogP contribution >= 0.6 is 0 Å². The highest BCUT2D eigenvalue weighted by Crippen LogP contribution is 2.40. The maximum absolute atomic E-state index is 12.7. The lowest BCUT2D eigenvalue weighted by Gasteiger charge is -2.28. The first-order valence-electron chi connectivity index (χ1n) is 10.6. The van der Waals surface area contributed by atoms with Gasteiger partial charge in [-0.15, -0.1) is 0 Å². The van der Waals surface area contributed by atoms with E-state index in [2.05, 4.69) is 36.9 Å². The summed E-state index contributed by atoms with van der Waals surface area (Å²) in [6.07, 6.45) is 0.565. The number of benzene rings is 2. The summed E-state index contributed by atoms with van der Waals surface area (Å²) < 4.78 is 6.01. The highest BCUT2D eigenvalue weighted by atomic mass is 16.5. The van der Waals surface area contributed by atoms with Gasteiger partial charge in [-0.1, -0.05) is 49.9 Å². The molecule has 0 amide bonds. The lowest BCUT2D eigenvalue weighted by Crippen LogP contribution is -2.40. The van der Waals surface area contributed by atoms with Crippen molar-refractivity contribution < 1.29 is 19.7 Å². The number of rotatable bonds is 7. The van der Waals surface area contributed by atoms with Gasteiger partial charge in [0.15, 0.2) is 5.78 Å². The van der Waals surface area contributed by atoms with Crippen LogP contribution in [0.4, 0.5) is 0 Å². The number of ketones is 1. The van der Waals surface area contributed by atoms with E-state index in [-0.39, 0.29) is 25.9 Å². The lowest BCUT2D eigenvalue weighted by molar-refractivity contribution is -0.112. The second-order valence-corrected chi connectivity index (χ2v) is 8.42. The van der Waals surface area contributed by atoms with Crippen LogP contribution in [0, 0.1) is 0 Å². The van der Waals surface area contributed by atoms with Crippen molar-refractivity contribution in [1.29, 1.82) is 0 Å². The smallest absolute Gasteiger partial charge is 0.171 e. The van der Waals surface area contributed by atoms with Crippen molar-refractivity contribution in [3.63, 3.8) is 0 Å². The van der Waals surface area contributed by atoms with Crippen molar-refractivity contribution in [2.45, 2.75) is 52.9 Å². The average molecular weight is 424 g/mol. The molecule has 0 bridgehead atoms. The molecule has 2 aromatic rings. The summed E-state index contributed by atoms with van der Waals surface area (Å²) in [6, 6.07) is 14.6. The van der Waals surface area contributed by atoms with Crippen LogP contribution < -0.4 is 0 Å². The number of ether oxygens (including phenoxy) is 1. The SMILES string of the molecule is C.CC(C)N(CCc1ccc2c(c1)CO/C2=C1/C(=O)Cc2ccccc21)C[C@H](O)CO. The van der Waals surface area contributed by atoms with Crippen molar-refractivity contribution in [3.05, 3.63) is 70.3 Å². The van der Waals surface area contributed by atoms with Crippen LogP contribution in [0.3, 0.4) is 0 Å². The Hall–Kier alpha value is -2.47. The summed E-state index contributed by atoms with van der Waals surface area (Å²) >= 11 is 0. The van der Waals surface area contributed by atoms with Crippen LogP contribution in [0.5, 0.6) is 0 Å². The first-order valence-corrected chi connectivity index (χ1v) is 10.6. The van der Waals surface area contributed by atoms with Crippen molar-refractivity contribution in [2.75, 3.05) is 19.7 Å². The number of aliphatic hydroxyl groups excluding tert-OH is 2. The van der Waals surface area contributed by atoms with Gasteiger partial charge in [0.05, 0.1) is 18.3 Å². The second-order valence-electron chi connectivity index (χ2n) is 8.42. The van der Waals surface area contributed by atoms with Crippen LogP contribution in [-0.4, -0.2) is 52.7 Å². The molecule has 1 aliphatic heterocycles. The summed E-state index contributed by atoms with van der Waals surface area (Å²) in [5, 5.41) is 18.9. The third-order valence-electron chi connectivity index (χ3n) is 6.00. The maximum Gasteiger partial charge on any atom is 0.171 e. The molecule has 5 heteroatoms. The molecule has 1 aliphatic carbocycles. The number of Topliss-reactive ketones (excluding diaryl/α,β-unsaturated/α-hetero) is 1. The minimum Gasteiger partial charge on any atom is -0.487 e. The molecule has 31 heavy (non-hydrogen) atoms. The van der Waals surface area contributed by atoms with E-state index < -0.39 is 6.10 Å². The van der Waals surface area contributed by atoms with Crippen LogP contribution in [0.15, 0.2) is 42.5 Å². The van der Waals surface area contributed by atoms with Crippen LogP contribution in [0.1, 0.15) is 49.1 Å². The Balaban J connectivity index is 0.00000272. The molecule has 2 aromatic carbocycles. The summed E-state index contributed by atoms with van der Waals surface area (Å²) in [6.45, 7) is 5.70. The van der Waals surface area contributed by atoms with Crippen molar-refractivity contribution in [2.24, 2.45) is 0 Å². The largest absolute Gasteiger partial charge is 0.487 e. The molecule has 166 valence electrons. The van der Waals surface area contributed by atoms with Crippen molar-refractivity contribution in [3.8, 4) is 0 Å². The van der Waals surface area contributed by atoms with Crippen LogP contribution in [0.2, 0.25) is 0 Å². The molecule has 4 rings (SSSR count). The minimum atomic E-state index is -0.721. The van der Waals surface area contributed by atoms with E-state index in [4.69, 9.17) is 9.84 Å². The fourth-order valence-electron chi connectivity index (χ4n) is 4.32. The van der Waals surface area contributed by atoms with E-state index in [0.29, 0.717) is 30.9 Å². The van der Waals surface area contributed by atoms with E-state index in [1.807, 2.05) is 24.3 Å². The topological polar surface area (TPSA) is 70.0 Å². The van der Waals surface area contributed by atoms with Gasteiger partial charge < -0.3 is 14.9 Å². The molecule has 1 heterocycles. The zero-order valence-electron chi connectivity index (χ0n) is 17.6. The number of fused-ring (bicyclic) bond motifs is 2. The molecule has 5 nitrogen and oxygen atoms in total. The number of hydrogen-bond donors (Lipinski definition) is 2. The Kier molecular flexibility index (Phi) is 7.31. The first kappa shape index (κ1) is 23.2. The molecule has 0 unspecified atom stereocenters. The third kappa shape index (κ3) is 4.74.